The van der Waals surface area contributed by atoms with Gasteiger partial charge in [0.15, 0.2) is 0 Å². The van der Waals surface area contributed by atoms with Gasteiger partial charge in [0.2, 0.25) is 5.91 Å². The fraction of sp³-hybridized carbons (Fsp3) is 0.833. The van der Waals surface area contributed by atoms with E-state index in [1.807, 2.05) is 7.05 Å². The number of carbonyl (C=O) groups is 1. The molecule has 1 amide bonds. The number of nitrogens with one attached hydrogen (secondary N) is 1. The Hall–Kier alpha value is -0.280. The summed E-state index contributed by atoms with van der Waals surface area (Å²) in [4.78, 5) is 12.8. The summed E-state index contributed by atoms with van der Waals surface area (Å²) in [7, 11) is 1.86. The first-order valence-electron chi connectivity index (χ1n) is 3.28. The third-order valence-electron chi connectivity index (χ3n) is 2.13. The molecule has 0 aromatic carbocycles. The van der Waals surface area contributed by atoms with E-state index in [4.69, 9.17) is 0 Å². The van der Waals surface area contributed by atoms with Gasteiger partial charge in [0.25, 0.3) is 0 Å². The van der Waals surface area contributed by atoms with Crippen LogP contribution in [0.15, 0.2) is 0 Å². The van der Waals surface area contributed by atoms with Gasteiger partial charge in [-0.05, 0) is 6.42 Å². The van der Waals surface area contributed by atoms with Crippen molar-refractivity contribution in [1.29, 1.82) is 0 Å². The highest BCUT2D eigenvalue weighted by Crippen LogP contribution is 2.20. The second kappa shape index (κ2) is 2.40. The quantitative estimate of drug-likeness (QED) is 0.526. The molecule has 10 heavy (non-hydrogen) atoms. The average molecular weight is 163 g/mol. The van der Waals surface area contributed by atoms with Crippen molar-refractivity contribution in [2.24, 2.45) is 0 Å². The highest BCUT2D eigenvalue weighted by atomic mass is 35.5. The molecular weight excluding hydrogens is 152 g/mol. The number of piperazine rings is 1. The fourth-order valence-electron chi connectivity index (χ4n) is 1.53. The predicted molar refractivity (Wildman–Crippen MR) is 40.2 cm³/mol. The van der Waals surface area contributed by atoms with Crippen LogP contribution >= 0.6 is 12.4 Å². The van der Waals surface area contributed by atoms with E-state index in [2.05, 4.69) is 5.32 Å². The number of rotatable bonds is 0. The summed E-state index contributed by atoms with van der Waals surface area (Å²) in [6.45, 7) is 0.898. The van der Waals surface area contributed by atoms with Gasteiger partial charge in [-0.1, -0.05) is 0 Å². The van der Waals surface area contributed by atoms with Gasteiger partial charge in [0, 0.05) is 19.6 Å². The average Bonchev–Trinajstić information content (AvgIpc) is 1.72. The maximum absolute atomic E-state index is 11.0. The lowest BCUT2D eigenvalue weighted by atomic mass is 9.91. The highest BCUT2D eigenvalue weighted by molar-refractivity contribution is 5.85. The Labute approximate surface area is 66.2 Å². The normalized spacial score (nSPS) is 36.5. The summed E-state index contributed by atoms with van der Waals surface area (Å²) in [5, 5.41) is 3.17. The van der Waals surface area contributed by atoms with Crippen LogP contribution in [0.25, 0.3) is 0 Å². The summed E-state index contributed by atoms with van der Waals surface area (Å²) < 4.78 is 0. The standard InChI is InChI=1S/C6H10N2O.ClH/c1-8-3-4-2-5(7-4)6(8)9;/h4-5,7H,2-3H2,1H3;1H. The molecule has 2 unspecified atom stereocenters. The number of carbonyl (C=O) groups excluding carboxylic acids is 1. The molecular formula is C6H11ClN2O. The molecule has 3 aliphatic rings. The summed E-state index contributed by atoms with van der Waals surface area (Å²) >= 11 is 0. The monoisotopic (exact) mass is 162 g/mol. The number of halogens is 1. The molecule has 3 fully saturated rings. The molecule has 0 aliphatic carbocycles. The number of hydrogen-bond donors (Lipinski definition) is 1. The van der Waals surface area contributed by atoms with Crippen LogP contribution < -0.4 is 5.32 Å². The van der Waals surface area contributed by atoms with Crippen molar-refractivity contribution in [1.82, 2.24) is 10.2 Å². The second-order valence-corrected chi connectivity index (χ2v) is 2.87. The molecule has 3 nitrogen and oxygen atoms in total. The Morgan fingerprint density at radius 1 is 1.70 bits per heavy atom. The van der Waals surface area contributed by atoms with Gasteiger partial charge in [-0.25, -0.2) is 0 Å². The zero-order chi connectivity index (χ0) is 6.43. The molecule has 0 aromatic heterocycles. The summed E-state index contributed by atoms with van der Waals surface area (Å²) in [6, 6.07) is 0.756. The largest absolute Gasteiger partial charge is 0.343 e. The molecule has 0 aromatic rings. The first-order valence-corrected chi connectivity index (χ1v) is 3.28. The SMILES string of the molecule is CN1CC2CC(N2)C1=O.Cl. The van der Waals surface area contributed by atoms with Gasteiger partial charge in [0.1, 0.15) is 0 Å². The van der Waals surface area contributed by atoms with E-state index in [0.29, 0.717) is 6.04 Å². The Kier molecular flexibility index (Phi) is 1.88. The number of likely N-dealkylation sites (N-methyl/N-ethyl adjacent to an activating group) is 1. The lowest BCUT2D eigenvalue weighted by molar-refractivity contribution is -0.141. The third-order valence-corrected chi connectivity index (χ3v) is 2.13. The van der Waals surface area contributed by atoms with Gasteiger partial charge in [0.05, 0.1) is 6.04 Å². The zero-order valence-corrected chi connectivity index (χ0v) is 6.65. The van der Waals surface area contributed by atoms with Gasteiger partial charge in [-0.3, -0.25) is 4.79 Å². The van der Waals surface area contributed by atoms with E-state index in [1.54, 1.807) is 4.90 Å². The predicted octanol–water partition coefficient (Wildman–Crippen LogP) is -0.389. The molecule has 3 rings (SSSR count). The van der Waals surface area contributed by atoms with Crippen LogP contribution in [0.4, 0.5) is 0 Å². The lowest BCUT2D eigenvalue weighted by Gasteiger charge is -2.45. The van der Waals surface area contributed by atoms with E-state index < -0.39 is 0 Å². The van der Waals surface area contributed by atoms with E-state index in [0.717, 1.165) is 13.0 Å². The minimum atomic E-state index is 0. The maximum Gasteiger partial charge on any atom is 0.239 e. The molecule has 2 atom stereocenters. The Balaban J connectivity index is 0.000000500. The number of fused-ring (bicyclic) bond motifs is 2. The van der Waals surface area contributed by atoms with Crippen molar-refractivity contribution in [3.05, 3.63) is 0 Å². The van der Waals surface area contributed by atoms with Crippen molar-refractivity contribution >= 4 is 18.3 Å². The van der Waals surface area contributed by atoms with E-state index in [-0.39, 0.29) is 24.4 Å². The Bertz CT molecular complexity index is 152. The van der Waals surface area contributed by atoms with Crippen LogP contribution in [0.3, 0.4) is 0 Å². The Morgan fingerprint density at radius 2 is 2.30 bits per heavy atom. The Morgan fingerprint density at radius 3 is 2.60 bits per heavy atom. The van der Waals surface area contributed by atoms with Crippen LogP contribution in [0.1, 0.15) is 6.42 Å². The molecule has 3 aliphatic heterocycles. The third kappa shape index (κ3) is 0.896. The van der Waals surface area contributed by atoms with E-state index in [1.165, 1.54) is 0 Å². The fourth-order valence-corrected chi connectivity index (χ4v) is 1.53. The summed E-state index contributed by atoms with van der Waals surface area (Å²) in [5.74, 6) is 0.262. The second-order valence-electron chi connectivity index (χ2n) is 2.87. The molecule has 3 saturated heterocycles. The minimum Gasteiger partial charge on any atom is -0.343 e. The van der Waals surface area contributed by atoms with Gasteiger partial charge >= 0.3 is 0 Å². The summed E-state index contributed by atoms with van der Waals surface area (Å²) in [5.41, 5.74) is 0. The van der Waals surface area contributed by atoms with Crippen LogP contribution in [-0.4, -0.2) is 36.5 Å². The molecule has 0 radical (unpaired) electrons. The smallest absolute Gasteiger partial charge is 0.239 e. The topological polar surface area (TPSA) is 32.3 Å². The number of nitrogens with zero attached hydrogens (tertiary/aromatic N) is 1. The van der Waals surface area contributed by atoms with Crippen molar-refractivity contribution in [2.45, 2.75) is 18.5 Å². The first-order chi connectivity index (χ1) is 4.27. The highest BCUT2D eigenvalue weighted by Gasteiger charge is 2.41. The molecule has 2 bridgehead atoms. The van der Waals surface area contributed by atoms with Crippen molar-refractivity contribution in [3.63, 3.8) is 0 Å². The van der Waals surface area contributed by atoms with Crippen LogP contribution in [0.5, 0.6) is 0 Å². The van der Waals surface area contributed by atoms with Gasteiger partial charge in [-0.15, -0.1) is 12.4 Å². The van der Waals surface area contributed by atoms with Crippen LogP contribution in [-0.2, 0) is 4.79 Å². The maximum atomic E-state index is 11.0. The molecule has 0 spiro atoms. The summed E-state index contributed by atoms with van der Waals surface area (Å²) in [6.07, 6.45) is 1.06. The molecule has 1 N–H and O–H groups in total. The van der Waals surface area contributed by atoms with E-state index >= 15 is 0 Å². The van der Waals surface area contributed by atoms with Crippen molar-refractivity contribution < 1.29 is 4.79 Å². The van der Waals surface area contributed by atoms with Crippen LogP contribution in [0.2, 0.25) is 0 Å². The zero-order valence-electron chi connectivity index (χ0n) is 5.83. The van der Waals surface area contributed by atoms with Crippen LogP contribution in [0, 0.1) is 0 Å². The minimum absolute atomic E-state index is 0. The van der Waals surface area contributed by atoms with Gasteiger partial charge < -0.3 is 10.2 Å². The molecule has 58 valence electrons. The molecule has 4 heteroatoms. The van der Waals surface area contributed by atoms with Crippen molar-refractivity contribution in [3.8, 4) is 0 Å². The lowest BCUT2D eigenvalue weighted by Crippen LogP contribution is -2.68. The van der Waals surface area contributed by atoms with Crippen molar-refractivity contribution in [2.75, 3.05) is 13.6 Å². The number of hydrogen-bond acceptors (Lipinski definition) is 2. The van der Waals surface area contributed by atoms with Gasteiger partial charge in [-0.2, -0.15) is 0 Å². The number of amides is 1. The first kappa shape index (κ1) is 7.82. The molecule has 3 heterocycles. The number of piperidine rings is 1. The molecule has 0 saturated carbocycles. The van der Waals surface area contributed by atoms with E-state index in [9.17, 15) is 4.79 Å².